The maximum absolute atomic E-state index is 12.5. The van der Waals surface area contributed by atoms with Crippen molar-refractivity contribution in [2.45, 2.75) is 0 Å². The highest BCUT2D eigenvalue weighted by Crippen LogP contribution is 2.38. The smallest absolute Gasteiger partial charge is 0.291 e. The number of rotatable bonds is 7. The lowest BCUT2D eigenvalue weighted by molar-refractivity contribution is -0.124. The van der Waals surface area contributed by atoms with Gasteiger partial charge in [-0.2, -0.15) is 0 Å². The van der Waals surface area contributed by atoms with E-state index in [1.165, 1.54) is 44.6 Å². The van der Waals surface area contributed by atoms with Crippen LogP contribution in [0.3, 0.4) is 0 Å². The minimum atomic E-state index is -0.533. The maximum atomic E-state index is 12.5. The van der Waals surface area contributed by atoms with Gasteiger partial charge in [0.1, 0.15) is 5.70 Å². The van der Waals surface area contributed by atoms with E-state index in [-0.39, 0.29) is 17.4 Å². The van der Waals surface area contributed by atoms with Gasteiger partial charge in [-0.25, -0.2) is 0 Å². The fourth-order valence-corrected chi connectivity index (χ4v) is 2.34. The molecule has 8 nitrogen and oxygen atoms in total. The van der Waals surface area contributed by atoms with Crippen molar-refractivity contribution in [1.29, 1.82) is 0 Å². The van der Waals surface area contributed by atoms with Gasteiger partial charge in [0.25, 0.3) is 11.8 Å². The van der Waals surface area contributed by atoms with Crippen molar-refractivity contribution in [3.63, 3.8) is 0 Å². The standard InChI is InChI=1S/C19H22N2O6/c1-21(2)19(23)13(20-18(22)14-7-6-8-27-14)9-12-10-15(24-3)17(26-5)16(11-12)25-4/h6-11H,1-5H3,(H,20,22)/b13-9-. The minimum absolute atomic E-state index is 0.0654. The van der Waals surface area contributed by atoms with Crippen molar-refractivity contribution in [2.75, 3.05) is 35.4 Å². The van der Waals surface area contributed by atoms with Crippen LogP contribution in [0.5, 0.6) is 17.2 Å². The van der Waals surface area contributed by atoms with Crippen LogP contribution < -0.4 is 19.5 Å². The van der Waals surface area contributed by atoms with Crippen molar-refractivity contribution in [3.05, 3.63) is 47.5 Å². The molecule has 27 heavy (non-hydrogen) atoms. The summed E-state index contributed by atoms with van der Waals surface area (Å²) in [6.45, 7) is 0. The first-order chi connectivity index (χ1) is 12.9. The molecule has 0 aliphatic heterocycles. The predicted molar refractivity (Wildman–Crippen MR) is 98.9 cm³/mol. The van der Waals surface area contributed by atoms with E-state index in [2.05, 4.69) is 5.32 Å². The number of nitrogens with one attached hydrogen (secondary N) is 1. The number of amides is 2. The average Bonchev–Trinajstić information content (AvgIpc) is 3.20. The second-order valence-corrected chi connectivity index (χ2v) is 5.65. The zero-order chi connectivity index (χ0) is 20.0. The molecule has 0 aliphatic carbocycles. The molecular formula is C19H22N2O6. The fourth-order valence-electron chi connectivity index (χ4n) is 2.34. The van der Waals surface area contributed by atoms with E-state index in [1.54, 1.807) is 32.3 Å². The third-order valence-electron chi connectivity index (χ3n) is 3.63. The van der Waals surface area contributed by atoms with Gasteiger partial charge in [-0.05, 0) is 35.9 Å². The largest absolute Gasteiger partial charge is 0.493 e. The molecular weight excluding hydrogens is 352 g/mol. The van der Waals surface area contributed by atoms with Crippen LogP contribution in [0.2, 0.25) is 0 Å². The molecule has 0 unspecified atom stereocenters. The van der Waals surface area contributed by atoms with Crippen molar-refractivity contribution in [1.82, 2.24) is 10.2 Å². The maximum Gasteiger partial charge on any atom is 0.291 e. The lowest BCUT2D eigenvalue weighted by atomic mass is 10.1. The summed E-state index contributed by atoms with van der Waals surface area (Å²) in [4.78, 5) is 26.2. The zero-order valence-electron chi connectivity index (χ0n) is 15.9. The van der Waals surface area contributed by atoms with Crippen molar-refractivity contribution >= 4 is 17.9 Å². The summed E-state index contributed by atoms with van der Waals surface area (Å²) in [6.07, 6.45) is 2.90. The minimum Gasteiger partial charge on any atom is -0.493 e. The van der Waals surface area contributed by atoms with Gasteiger partial charge < -0.3 is 28.8 Å². The summed E-state index contributed by atoms with van der Waals surface area (Å²) in [7, 11) is 7.67. The van der Waals surface area contributed by atoms with E-state index in [0.29, 0.717) is 22.8 Å². The Balaban J connectivity index is 2.47. The molecule has 1 N–H and O–H groups in total. The van der Waals surface area contributed by atoms with Crippen LogP contribution in [0.4, 0.5) is 0 Å². The zero-order valence-corrected chi connectivity index (χ0v) is 15.9. The molecule has 0 spiro atoms. The van der Waals surface area contributed by atoms with Crippen LogP contribution in [0.1, 0.15) is 16.1 Å². The molecule has 0 radical (unpaired) electrons. The summed E-state index contributed by atoms with van der Waals surface area (Å²) in [5, 5.41) is 2.58. The number of nitrogens with zero attached hydrogens (tertiary/aromatic N) is 1. The SMILES string of the molecule is COc1cc(/C=C(\NC(=O)c2ccco2)C(=O)N(C)C)cc(OC)c1OC. The van der Waals surface area contributed by atoms with E-state index in [1.807, 2.05) is 0 Å². The van der Waals surface area contributed by atoms with Crippen LogP contribution in [-0.2, 0) is 4.79 Å². The number of likely N-dealkylation sites (N-methyl/N-ethyl adjacent to an activating group) is 1. The monoisotopic (exact) mass is 374 g/mol. The lowest BCUT2D eigenvalue weighted by Crippen LogP contribution is -2.34. The molecule has 0 saturated carbocycles. The Hall–Kier alpha value is -3.42. The van der Waals surface area contributed by atoms with E-state index in [9.17, 15) is 9.59 Å². The fraction of sp³-hybridized carbons (Fsp3) is 0.263. The van der Waals surface area contributed by atoms with Gasteiger partial charge in [-0.15, -0.1) is 0 Å². The number of benzene rings is 1. The topological polar surface area (TPSA) is 90.2 Å². The Kier molecular flexibility index (Phi) is 6.48. The second-order valence-electron chi connectivity index (χ2n) is 5.65. The number of carbonyl (C=O) groups excluding carboxylic acids is 2. The molecule has 0 atom stereocenters. The van der Waals surface area contributed by atoms with Crippen molar-refractivity contribution < 1.29 is 28.2 Å². The third kappa shape index (κ3) is 4.60. The van der Waals surface area contributed by atoms with Gasteiger partial charge >= 0.3 is 0 Å². The molecule has 1 heterocycles. The first kappa shape index (κ1) is 19.9. The van der Waals surface area contributed by atoms with E-state index >= 15 is 0 Å². The van der Waals surface area contributed by atoms with Gasteiger partial charge in [0.15, 0.2) is 17.3 Å². The summed E-state index contributed by atoms with van der Waals surface area (Å²) < 4.78 is 21.0. The number of hydrogen-bond acceptors (Lipinski definition) is 6. The molecule has 0 saturated heterocycles. The molecule has 2 aromatic rings. The van der Waals surface area contributed by atoms with Gasteiger partial charge in [-0.3, -0.25) is 9.59 Å². The van der Waals surface area contributed by atoms with E-state index in [0.717, 1.165) is 0 Å². The number of furan rings is 1. The van der Waals surface area contributed by atoms with Crippen LogP contribution in [0.15, 0.2) is 40.6 Å². The Morgan fingerprint density at radius 3 is 2.15 bits per heavy atom. The van der Waals surface area contributed by atoms with Crippen LogP contribution >= 0.6 is 0 Å². The molecule has 0 bridgehead atoms. The Bertz CT molecular complexity index is 815. The predicted octanol–water partition coefficient (Wildman–Crippen LogP) is 2.16. The number of carbonyl (C=O) groups is 2. The van der Waals surface area contributed by atoms with Gasteiger partial charge in [0.05, 0.1) is 27.6 Å². The highest BCUT2D eigenvalue weighted by molar-refractivity contribution is 6.04. The average molecular weight is 374 g/mol. The van der Waals surface area contributed by atoms with Gasteiger partial charge in [0, 0.05) is 14.1 Å². The van der Waals surface area contributed by atoms with Crippen molar-refractivity contribution in [2.24, 2.45) is 0 Å². The Labute approximate surface area is 157 Å². The van der Waals surface area contributed by atoms with Gasteiger partial charge in [-0.1, -0.05) is 0 Å². The number of hydrogen-bond donors (Lipinski definition) is 1. The first-order valence-electron chi connectivity index (χ1n) is 7.99. The number of ether oxygens (including phenoxy) is 3. The Morgan fingerprint density at radius 2 is 1.70 bits per heavy atom. The molecule has 8 heteroatoms. The molecule has 1 aromatic carbocycles. The molecule has 144 valence electrons. The molecule has 1 aromatic heterocycles. The lowest BCUT2D eigenvalue weighted by Gasteiger charge is -2.16. The van der Waals surface area contributed by atoms with Crippen LogP contribution in [0, 0.1) is 0 Å². The third-order valence-corrected chi connectivity index (χ3v) is 3.63. The summed E-state index contributed by atoms with van der Waals surface area (Å²) in [5.41, 5.74) is 0.644. The summed E-state index contributed by atoms with van der Waals surface area (Å²) in [5.74, 6) is 0.460. The molecule has 2 rings (SSSR count). The van der Waals surface area contributed by atoms with Crippen LogP contribution in [-0.4, -0.2) is 52.1 Å². The molecule has 0 aliphatic rings. The quantitative estimate of drug-likeness (QED) is 0.747. The van der Waals surface area contributed by atoms with Crippen molar-refractivity contribution in [3.8, 4) is 17.2 Å². The van der Waals surface area contributed by atoms with E-state index in [4.69, 9.17) is 18.6 Å². The van der Waals surface area contributed by atoms with E-state index < -0.39 is 5.91 Å². The highest BCUT2D eigenvalue weighted by atomic mass is 16.5. The van der Waals surface area contributed by atoms with Crippen LogP contribution in [0.25, 0.3) is 6.08 Å². The Morgan fingerprint density at radius 1 is 1.07 bits per heavy atom. The highest BCUT2D eigenvalue weighted by Gasteiger charge is 2.19. The molecule has 0 fully saturated rings. The normalized spacial score (nSPS) is 10.9. The first-order valence-corrected chi connectivity index (χ1v) is 7.99. The number of methoxy groups -OCH3 is 3. The second kappa shape index (κ2) is 8.79. The summed E-state index contributed by atoms with van der Waals surface area (Å²) in [6, 6.07) is 6.43. The summed E-state index contributed by atoms with van der Waals surface area (Å²) >= 11 is 0. The molecule has 2 amide bonds. The van der Waals surface area contributed by atoms with Gasteiger partial charge in [0.2, 0.25) is 5.75 Å².